The van der Waals surface area contributed by atoms with E-state index < -0.39 is 5.41 Å². The Hall–Kier alpha value is -7.68. The molecule has 2 heteroatoms. The molecule has 0 unspecified atom stereocenters. The van der Waals surface area contributed by atoms with Crippen molar-refractivity contribution in [2.75, 3.05) is 0 Å². The Morgan fingerprint density at radius 1 is 0.338 bits per heavy atom. The fraction of sp³-hybridized carbons (Fsp3) is 0.111. The van der Waals surface area contributed by atoms with E-state index in [1.165, 1.54) is 88.1 Å². The number of aromatic nitrogens is 2. The second kappa shape index (κ2) is 17.1. The van der Waals surface area contributed by atoms with Gasteiger partial charge in [0, 0.05) is 32.9 Å². The maximum atomic E-state index is 2.51. The predicted molar refractivity (Wildman–Crippen MR) is 277 cm³/mol. The molecule has 2 heterocycles. The Labute approximate surface area is 382 Å². The number of fused-ring (bicyclic) bond motifs is 6. The largest absolute Gasteiger partial charge is 0.309 e. The molecule has 314 valence electrons. The maximum Gasteiger partial charge on any atom is 0.0695 e. The number of para-hydroxylation sites is 2. The molecule has 65 heavy (non-hydrogen) atoms. The highest BCUT2D eigenvalue weighted by Gasteiger charge is 2.41. The van der Waals surface area contributed by atoms with E-state index in [9.17, 15) is 0 Å². The zero-order valence-corrected chi connectivity index (χ0v) is 37.2. The number of hydrogen-bond donors (Lipinski definition) is 0. The minimum Gasteiger partial charge on any atom is -0.309 e. The lowest BCUT2D eigenvalue weighted by Gasteiger charge is -2.40. The molecular weight excluding hydrogens is 785 g/mol. The molecule has 0 amide bonds. The van der Waals surface area contributed by atoms with Crippen LogP contribution >= 0.6 is 0 Å². The normalized spacial score (nSPS) is 13.8. The van der Waals surface area contributed by atoms with Crippen LogP contribution in [0.3, 0.4) is 0 Å². The number of benzene rings is 8. The third-order valence-corrected chi connectivity index (χ3v) is 13.5. The molecule has 0 N–H and O–H groups in total. The van der Waals surface area contributed by atoms with Crippen molar-refractivity contribution in [3.8, 4) is 33.6 Å². The van der Waals surface area contributed by atoms with Gasteiger partial charge >= 0.3 is 0 Å². The molecule has 12 rings (SSSR count). The summed E-state index contributed by atoms with van der Waals surface area (Å²) in [5.41, 5.74) is 16.8. The highest BCUT2D eigenvalue weighted by Crippen LogP contribution is 2.50. The first-order valence-corrected chi connectivity index (χ1v) is 23.4. The van der Waals surface area contributed by atoms with Crippen molar-refractivity contribution >= 4 is 43.6 Å². The number of hydrogen-bond acceptors (Lipinski definition) is 0. The molecule has 0 fully saturated rings. The first-order valence-electron chi connectivity index (χ1n) is 23.4. The van der Waals surface area contributed by atoms with Gasteiger partial charge in [-0.2, -0.15) is 0 Å². The van der Waals surface area contributed by atoms with E-state index in [-0.39, 0.29) is 0 Å². The van der Waals surface area contributed by atoms with Crippen LogP contribution in [0.25, 0.3) is 77.2 Å². The predicted octanol–water partition coefficient (Wildman–Crippen LogP) is 17.1. The summed E-state index contributed by atoms with van der Waals surface area (Å²) >= 11 is 0. The van der Waals surface area contributed by atoms with Crippen LogP contribution in [0.15, 0.2) is 242 Å². The summed E-state index contributed by atoms with van der Waals surface area (Å²) < 4.78 is 4.86. The van der Waals surface area contributed by atoms with Gasteiger partial charge in [0.2, 0.25) is 0 Å². The average molecular weight is 837 g/mol. The van der Waals surface area contributed by atoms with E-state index in [1.807, 2.05) is 13.8 Å². The van der Waals surface area contributed by atoms with Crippen LogP contribution in [0, 0.1) is 0 Å². The molecule has 0 saturated carbocycles. The fourth-order valence-electron chi connectivity index (χ4n) is 10.6. The van der Waals surface area contributed by atoms with E-state index >= 15 is 0 Å². The zero-order chi connectivity index (χ0) is 43.7. The molecule has 0 aliphatic heterocycles. The quantitative estimate of drug-likeness (QED) is 0.144. The molecule has 0 spiro atoms. The summed E-state index contributed by atoms with van der Waals surface area (Å²) in [6.45, 7) is 4.00. The summed E-state index contributed by atoms with van der Waals surface area (Å²) in [6.07, 6.45) is 18.7. The molecule has 2 aliphatic rings. The van der Waals surface area contributed by atoms with Crippen LogP contribution < -0.4 is 0 Å². The van der Waals surface area contributed by atoms with E-state index in [1.54, 1.807) is 0 Å². The second-order valence-corrected chi connectivity index (χ2v) is 17.0. The maximum absolute atomic E-state index is 2.51. The minimum atomic E-state index is -0.458. The van der Waals surface area contributed by atoms with Gasteiger partial charge < -0.3 is 9.13 Å². The molecule has 2 aliphatic carbocycles. The molecule has 2 aromatic heterocycles. The molecule has 0 bridgehead atoms. The monoisotopic (exact) mass is 836 g/mol. The van der Waals surface area contributed by atoms with Crippen LogP contribution in [0.2, 0.25) is 0 Å². The zero-order valence-electron chi connectivity index (χ0n) is 37.2. The van der Waals surface area contributed by atoms with Crippen LogP contribution in [0.1, 0.15) is 50.7 Å². The number of allylic oxidation sites excluding steroid dienone is 8. The lowest BCUT2D eigenvalue weighted by atomic mass is 9.62. The van der Waals surface area contributed by atoms with Crippen molar-refractivity contribution < 1.29 is 0 Å². The minimum absolute atomic E-state index is 0.458. The van der Waals surface area contributed by atoms with Crippen molar-refractivity contribution in [2.24, 2.45) is 0 Å². The smallest absolute Gasteiger partial charge is 0.0695 e. The van der Waals surface area contributed by atoms with Crippen LogP contribution in [-0.2, 0) is 5.41 Å². The molecule has 0 saturated heterocycles. The van der Waals surface area contributed by atoms with Crippen LogP contribution in [0.5, 0.6) is 0 Å². The first-order chi connectivity index (χ1) is 32.3. The van der Waals surface area contributed by atoms with Gasteiger partial charge in [-0.1, -0.05) is 184 Å². The third-order valence-electron chi connectivity index (χ3n) is 13.5. The Bertz CT molecular complexity index is 3390. The van der Waals surface area contributed by atoms with Gasteiger partial charge in [-0.05, 0) is 131 Å². The van der Waals surface area contributed by atoms with Gasteiger partial charge in [-0.15, -0.1) is 0 Å². The van der Waals surface area contributed by atoms with Gasteiger partial charge in [0.1, 0.15) is 0 Å². The van der Waals surface area contributed by atoms with Gasteiger partial charge in [0.25, 0.3) is 0 Å². The lowest BCUT2D eigenvalue weighted by Crippen LogP contribution is -2.32. The summed E-state index contributed by atoms with van der Waals surface area (Å²) in [4.78, 5) is 0. The van der Waals surface area contributed by atoms with Gasteiger partial charge in [0.15, 0.2) is 0 Å². The second-order valence-electron chi connectivity index (χ2n) is 17.0. The Morgan fingerprint density at radius 2 is 0.831 bits per heavy atom. The van der Waals surface area contributed by atoms with E-state index in [2.05, 4.69) is 240 Å². The lowest BCUT2D eigenvalue weighted by molar-refractivity contribution is 0.718. The van der Waals surface area contributed by atoms with Crippen LogP contribution in [-0.4, -0.2) is 9.13 Å². The molecule has 8 aromatic carbocycles. The van der Waals surface area contributed by atoms with Crippen molar-refractivity contribution in [3.63, 3.8) is 0 Å². The SMILES string of the molecule is C1=CC(C(C2=CCCC=C2)(c2ccccc2)c2ccc3c(c2)c2cc(-c4ccccc4)ccc2n3-c2cccc(-c3ccc(-n4c5ccccc5c5ccccc54)cc3)c2)=CCC1.CC. The fourth-order valence-corrected chi connectivity index (χ4v) is 10.6. The first kappa shape index (κ1) is 40.1. The van der Waals surface area contributed by atoms with E-state index in [0.29, 0.717) is 0 Å². The molecular formula is C63H52N2. The summed E-state index contributed by atoms with van der Waals surface area (Å²) in [7, 11) is 0. The standard InChI is InChI=1S/C61H46N2.C2H6/c1-5-18-43(19-6-1)46-34-38-59-55(41-46)56-42-50(61(47-21-7-2-8-22-47,48-23-9-3-10-24-48)49-25-11-4-12-26-49)35-39-60(56)63(59)52-27-17-20-45(40-52)44-32-36-51(37-33-44)62-57-30-15-13-28-53(57)54-29-14-16-31-58(54)62;1-2/h1-2,5-9,11,13-42H,3-4,10,12H2;1-2H3. The van der Waals surface area contributed by atoms with Crippen LogP contribution in [0.4, 0.5) is 0 Å². The van der Waals surface area contributed by atoms with E-state index in [4.69, 9.17) is 0 Å². The summed E-state index contributed by atoms with van der Waals surface area (Å²) in [6, 6.07) is 71.9. The average Bonchev–Trinajstić information content (AvgIpc) is 3.91. The summed E-state index contributed by atoms with van der Waals surface area (Å²) in [5.74, 6) is 0. The molecule has 2 nitrogen and oxygen atoms in total. The highest BCUT2D eigenvalue weighted by molar-refractivity contribution is 6.11. The Balaban J connectivity index is 0.00000231. The highest BCUT2D eigenvalue weighted by atomic mass is 15.0. The Kier molecular flexibility index (Phi) is 10.6. The van der Waals surface area contributed by atoms with Gasteiger partial charge in [0.05, 0.1) is 27.5 Å². The van der Waals surface area contributed by atoms with Crippen molar-refractivity contribution in [2.45, 2.75) is 44.9 Å². The number of nitrogens with zero attached hydrogens (tertiary/aromatic N) is 2. The van der Waals surface area contributed by atoms with Gasteiger partial charge in [-0.3, -0.25) is 0 Å². The molecule has 10 aromatic rings. The topological polar surface area (TPSA) is 9.86 Å². The Morgan fingerprint density at radius 3 is 1.46 bits per heavy atom. The van der Waals surface area contributed by atoms with Crippen molar-refractivity contribution in [3.05, 3.63) is 253 Å². The number of rotatable bonds is 8. The molecule has 0 atom stereocenters. The summed E-state index contributed by atoms with van der Waals surface area (Å²) in [5, 5.41) is 5.05. The van der Waals surface area contributed by atoms with Crippen molar-refractivity contribution in [1.82, 2.24) is 9.13 Å². The molecule has 0 radical (unpaired) electrons. The van der Waals surface area contributed by atoms with E-state index in [0.717, 1.165) is 37.1 Å². The van der Waals surface area contributed by atoms with Crippen molar-refractivity contribution in [1.29, 1.82) is 0 Å². The third kappa shape index (κ3) is 6.80. The van der Waals surface area contributed by atoms with Gasteiger partial charge in [-0.25, -0.2) is 0 Å².